The van der Waals surface area contributed by atoms with Crippen molar-refractivity contribution in [3.8, 4) is 0 Å². The lowest BCUT2D eigenvalue weighted by molar-refractivity contribution is 0.593. The van der Waals surface area contributed by atoms with Crippen molar-refractivity contribution >= 4 is 22.4 Å². The number of halogens is 1. The fraction of sp³-hybridized carbons (Fsp3) is 1.00. The standard InChI is InChI=1S/C4H12N2O2S.ClH/c1-2-6-3-4-9(5,7)8;/h6H,2-4H2,1H3,(H2,5,7,8);1H. The van der Waals surface area contributed by atoms with Gasteiger partial charge in [-0.05, 0) is 6.54 Å². The summed E-state index contributed by atoms with van der Waals surface area (Å²) in [7, 11) is -3.26. The van der Waals surface area contributed by atoms with E-state index < -0.39 is 10.0 Å². The minimum absolute atomic E-state index is 0. The van der Waals surface area contributed by atoms with Gasteiger partial charge in [-0.1, -0.05) is 6.92 Å². The van der Waals surface area contributed by atoms with Crippen LogP contribution in [-0.4, -0.2) is 27.3 Å². The van der Waals surface area contributed by atoms with Gasteiger partial charge in [-0.3, -0.25) is 0 Å². The topological polar surface area (TPSA) is 72.2 Å². The molecule has 0 aromatic heterocycles. The first-order valence-corrected chi connectivity index (χ1v) is 4.49. The first-order chi connectivity index (χ1) is 4.06. The Labute approximate surface area is 67.6 Å². The molecule has 0 rings (SSSR count). The molecular formula is C4H13ClN2O2S. The smallest absolute Gasteiger partial charge is 0.210 e. The molecule has 0 aliphatic rings. The summed E-state index contributed by atoms with van der Waals surface area (Å²) in [5, 5.41) is 7.55. The predicted octanol–water partition coefficient (Wildman–Crippen LogP) is -0.694. The molecule has 0 saturated heterocycles. The molecule has 0 atom stereocenters. The van der Waals surface area contributed by atoms with E-state index in [1.54, 1.807) is 0 Å². The average molecular weight is 189 g/mol. The molecule has 0 aliphatic heterocycles. The molecule has 0 radical (unpaired) electrons. The maximum atomic E-state index is 10.2. The van der Waals surface area contributed by atoms with Gasteiger partial charge in [0.1, 0.15) is 0 Å². The second-order valence-electron chi connectivity index (χ2n) is 1.72. The van der Waals surface area contributed by atoms with E-state index in [1.165, 1.54) is 0 Å². The number of rotatable bonds is 4. The molecule has 0 amide bonds. The van der Waals surface area contributed by atoms with Crippen molar-refractivity contribution in [3.63, 3.8) is 0 Å². The third kappa shape index (κ3) is 11.0. The van der Waals surface area contributed by atoms with Crippen LogP contribution in [0.5, 0.6) is 0 Å². The minimum Gasteiger partial charge on any atom is -0.316 e. The molecule has 10 heavy (non-hydrogen) atoms. The maximum Gasteiger partial charge on any atom is 0.210 e. The highest BCUT2D eigenvalue weighted by atomic mass is 35.5. The van der Waals surface area contributed by atoms with Crippen molar-refractivity contribution in [2.75, 3.05) is 18.8 Å². The van der Waals surface area contributed by atoms with E-state index in [0.717, 1.165) is 6.54 Å². The second kappa shape index (κ2) is 5.91. The van der Waals surface area contributed by atoms with Gasteiger partial charge in [0.15, 0.2) is 0 Å². The highest BCUT2D eigenvalue weighted by molar-refractivity contribution is 7.89. The van der Waals surface area contributed by atoms with Gasteiger partial charge in [0.05, 0.1) is 5.75 Å². The summed E-state index contributed by atoms with van der Waals surface area (Å²) in [4.78, 5) is 0. The Morgan fingerprint density at radius 2 is 2.00 bits per heavy atom. The molecular weight excluding hydrogens is 176 g/mol. The summed E-state index contributed by atoms with van der Waals surface area (Å²) in [6.07, 6.45) is 0. The first-order valence-electron chi connectivity index (χ1n) is 2.77. The third-order valence-corrected chi connectivity index (χ3v) is 1.59. The van der Waals surface area contributed by atoms with Crippen molar-refractivity contribution in [1.29, 1.82) is 0 Å². The van der Waals surface area contributed by atoms with Gasteiger partial charge in [0.2, 0.25) is 10.0 Å². The maximum absolute atomic E-state index is 10.2. The zero-order valence-corrected chi connectivity index (χ0v) is 7.46. The van der Waals surface area contributed by atoms with Crippen LogP contribution >= 0.6 is 12.4 Å². The lowest BCUT2D eigenvalue weighted by Gasteiger charge is -1.97. The van der Waals surface area contributed by atoms with Gasteiger partial charge in [0, 0.05) is 6.54 Å². The van der Waals surface area contributed by atoms with Crippen molar-refractivity contribution in [1.82, 2.24) is 5.32 Å². The summed E-state index contributed by atoms with van der Waals surface area (Å²) < 4.78 is 20.5. The average Bonchev–Trinajstić information content (AvgIpc) is 1.63. The van der Waals surface area contributed by atoms with Crippen LogP contribution in [0.2, 0.25) is 0 Å². The quantitative estimate of drug-likeness (QED) is 0.574. The van der Waals surface area contributed by atoms with E-state index in [2.05, 4.69) is 5.32 Å². The Bertz CT molecular complexity index is 157. The molecule has 0 spiro atoms. The van der Waals surface area contributed by atoms with Crippen molar-refractivity contribution < 1.29 is 8.42 Å². The predicted molar refractivity (Wildman–Crippen MR) is 43.8 cm³/mol. The molecule has 4 nitrogen and oxygen atoms in total. The zero-order valence-electron chi connectivity index (χ0n) is 5.83. The van der Waals surface area contributed by atoms with Gasteiger partial charge >= 0.3 is 0 Å². The molecule has 0 fully saturated rings. The van der Waals surface area contributed by atoms with E-state index in [0.29, 0.717) is 6.54 Å². The highest BCUT2D eigenvalue weighted by Gasteiger charge is 1.98. The SMILES string of the molecule is CCNCCS(N)(=O)=O.Cl. The minimum atomic E-state index is -3.26. The Morgan fingerprint density at radius 3 is 2.30 bits per heavy atom. The van der Waals surface area contributed by atoms with Gasteiger partial charge in [-0.15, -0.1) is 12.4 Å². The molecule has 3 N–H and O–H groups in total. The van der Waals surface area contributed by atoms with Crippen LogP contribution in [0.15, 0.2) is 0 Å². The molecule has 0 aliphatic carbocycles. The highest BCUT2D eigenvalue weighted by Crippen LogP contribution is 1.72. The van der Waals surface area contributed by atoms with Gasteiger partial charge in [-0.25, -0.2) is 13.6 Å². The Balaban J connectivity index is 0. The fourth-order valence-corrected chi connectivity index (χ4v) is 0.820. The summed E-state index contributed by atoms with van der Waals surface area (Å²) in [6.45, 7) is 3.12. The lowest BCUT2D eigenvalue weighted by Crippen LogP contribution is -2.26. The molecule has 0 saturated carbocycles. The lowest BCUT2D eigenvalue weighted by atomic mass is 10.7. The molecule has 0 bridgehead atoms. The number of hydrogen-bond acceptors (Lipinski definition) is 3. The van der Waals surface area contributed by atoms with Crippen molar-refractivity contribution in [2.45, 2.75) is 6.92 Å². The number of hydrogen-bond donors (Lipinski definition) is 2. The first kappa shape index (κ1) is 12.8. The summed E-state index contributed by atoms with van der Waals surface area (Å²) >= 11 is 0. The molecule has 0 unspecified atom stereocenters. The zero-order chi connectivity index (χ0) is 7.33. The molecule has 0 aromatic rings. The number of sulfonamides is 1. The van der Waals surface area contributed by atoms with Gasteiger partial charge < -0.3 is 5.32 Å². The normalized spacial score (nSPS) is 10.6. The number of nitrogens with one attached hydrogen (secondary N) is 1. The van der Waals surface area contributed by atoms with Crippen LogP contribution in [0.3, 0.4) is 0 Å². The van der Waals surface area contributed by atoms with E-state index >= 15 is 0 Å². The van der Waals surface area contributed by atoms with Crippen LogP contribution in [0.25, 0.3) is 0 Å². The Hall–Kier alpha value is 0.160. The van der Waals surface area contributed by atoms with E-state index in [1.807, 2.05) is 6.92 Å². The van der Waals surface area contributed by atoms with Crippen molar-refractivity contribution in [3.05, 3.63) is 0 Å². The van der Waals surface area contributed by atoms with Crippen molar-refractivity contribution in [2.24, 2.45) is 5.14 Å². The van der Waals surface area contributed by atoms with Crippen LogP contribution in [0.4, 0.5) is 0 Å². The molecule has 0 heterocycles. The molecule has 6 heteroatoms. The fourth-order valence-electron chi connectivity index (χ4n) is 0.391. The summed E-state index contributed by atoms with van der Waals surface area (Å²) in [5.74, 6) is 0.0147. The molecule has 64 valence electrons. The largest absolute Gasteiger partial charge is 0.316 e. The molecule has 0 aromatic carbocycles. The van der Waals surface area contributed by atoms with Crippen LogP contribution in [0.1, 0.15) is 6.92 Å². The van der Waals surface area contributed by atoms with E-state index in [9.17, 15) is 8.42 Å². The van der Waals surface area contributed by atoms with Crippen LogP contribution in [-0.2, 0) is 10.0 Å². The van der Waals surface area contributed by atoms with E-state index in [-0.39, 0.29) is 18.2 Å². The third-order valence-electron chi connectivity index (χ3n) is 0.813. The van der Waals surface area contributed by atoms with E-state index in [4.69, 9.17) is 5.14 Å². The second-order valence-corrected chi connectivity index (χ2v) is 3.45. The number of nitrogens with two attached hydrogens (primary N) is 1. The van der Waals surface area contributed by atoms with Crippen LogP contribution in [0, 0.1) is 0 Å². The summed E-state index contributed by atoms with van der Waals surface area (Å²) in [5.41, 5.74) is 0. The van der Waals surface area contributed by atoms with Gasteiger partial charge in [-0.2, -0.15) is 0 Å². The Kier molecular flexibility index (Phi) is 7.56. The summed E-state index contributed by atoms with van der Waals surface area (Å²) in [6, 6.07) is 0. The number of primary sulfonamides is 1. The van der Waals surface area contributed by atoms with Gasteiger partial charge in [0.25, 0.3) is 0 Å². The van der Waals surface area contributed by atoms with Crippen LogP contribution < -0.4 is 10.5 Å². The monoisotopic (exact) mass is 188 g/mol. The Morgan fingerprint density at radius 1 is 1.50 bits per heavy atom.